The molecule has 0 aliphatic rings. The Morgan fingerprint density at radius 1 is 1.12 bits per heavy atom. The third-order valence-corrected chi connectivity index (χ3v) is 6.31. The number of nitrogens with one attached hydrogen (secondary N) is 1. The molecule has 1 amide bonds. The van der Waals surface area contributed by atoms with Crippen molar-refractivity contribution in [1.29, 1.82) is 0 Å². The van der Waals surface area contributed by atoms with Gasteiger partial charge in [0.15, 0.2) is 5.58 Å². The first-order valence-corrected chi connectivity index (χ1v) is 11.7. The van der Waals surface area contributed by atoms with Gasteiger partial charge >= 0.3 is 0 Å². The Kier molecular flexibility index (Phi) is 6.14. The summed E-state index contributed by atoms with van der Waals surface area (Å²) in [4.78, 5) is 21.5. The minimum atomic E-state index is -0.372. The van der Waals surface area contributed by atoms with Gasteiger partial charge in [0, 0.05) is 30.3 Å². The topological polar surface area (TPSA) is 73.0 Å². The molecule has 0 aliphatic carbocycles. The molecule has 5 aromatic rings. The highest BCUT2D eigenvalue weighted by Crippen LogP contribution is 2.27. The number of halogens is 1. The van der Waals surface area contributed by atoms with E-state index in [9.17, 15) is 9.18 Å². The molecule has 34 heavy (non-hydrogen) atoms. The van der Waals surface area contributed by atoms with E-state index in [1.165, 1.54) is 17.8 Å². The highest BCUT2D eigenvalue weighted by Gasteiger charge is 2.14. The molecular formula is C26H21FN4O2S. The molecule has 0 bridgehead atoms. The zero-order valence-electron chi connectivity index (χ0n) is 18.4. The molecule has 0 aliphatic heterocycles. The van der Waals surface area contributed by atoms with Gasteiger partial charge in [0.2, 0.25) is 0 Å². The number of para-hydroxylation sites is 2. The molecule has 2 aromatic heterocycles. The number of fused-ring (bicyclic) bond motifs is 1. The predicted octanol–water partition coefficient (Wildman–Crippen LogP) is 5.68. The van der Waals surface area contributed by atoms with E-state index < -0.39 is 0 Å². The Hall–Kier alpha value is -3.91. The van der Waals surface area contributed by atoms with Crippen LogP contribution >= 0.6 is 11.8 Å². The standard InChI is InChI=1S/C26H21FN4O2S/c1-17-28-12-13-31(17)23-11-10-18(14-21(23)27)15-29-25(32)20-7-3-2-6-19(20)16-34-26-30-22-8-4-5-9-24(22)33-26/h2-14H,15-16H2,1H3,(H,29,32). The Morgan fingerprint density at radius 2 is 1.94 bits per heavy atom. The Morgan fingerprint density at radius 3 is 2.74 bits per heavy atom. The summed E-state index contributed by atoms with van der Waals surface area (Å²) in [6.45, 7) is 2.03. The summed E-state index contributed by atoms with van der Waals surface area (Å²) < 4.78 is 22.1. The number of amides is 1. The monoisotopic (exact) mass is 472 g/mol. The van der Waals surface area contributed by atoms with Crippen LogP contribution in [0.25, 0.3) is 16.8 Å². The number of aromatic nitrogens is 3. The summed E-state index contributed by atoms with van der Waals surface area (Å²) in [6.07, 6.45) is 3.34. The fourth-order valence-corrected chi connectivity index (χ4v) is 4.53. The Bertz CT molecular complexity index is 1440. The molecular weight excluding hydrogens is 451 g/mol. The quantitative estimate of drug-likeness (QED) is 0.308. The summed E-state index contributed by atoms with van der Waals surface area (Å²) in [5.41, 5.74) is 4.06. The second kappa shape index (κ2) is 9.52. The van der Waals surface area contributed by atoms with Crippen LogP contribution in [0.3, 0.4) is 0 Å². The third-order valence-electron chi connectivity index (χ3n) is 5.44. The average molecular weight is 473 g/mol. The van der Waals surface area contributed by atoms with Gasteiger partial charge in [-0.2, -0.15) is 0 Å². The molecule has 170 valence electrons. The number of aryl methyl sites for hydroxylation is 1. The molecule has 0 radical (unpaired) electrons. The van der Waals surface area contributed by atoms with Gasteiger partial charge in [-0.1, -0.05) is 48.2 Å². The van der Waals surface area contributed by atoms with Crippen molar-refractivity contribution in [2.75, 3.05) is 0 Å². The van der Waals surface area contributed by atoms with Crippen molar-refractivity contribution < 1.29 is 13.6 Å². The van der Waals surface area contributed by atoms with Crippen LogP contribution in [0, 0.1) is 12.7 Å². The van der Waals surface area contributed by atoms with E-state index in [1.807, 2.05) is 49.4 Å². The van der Waals surface area contributed by atoms with E-state index in [2.05, 4.69) is 15.3 Å². The molecule has 0 saturated carbocycles. The number of carbonyl (C=O) groups excluding carboxylic acids is 1. The first kappa shape index (κ1) is 21.9. The molecule has 2 heterocycles. The normalized spacial score (nSPS) is 11.1. The van der Waals surface area contributed by atoms with Crippen molar-refractivity contribution >= 4 is 28.8 Å². The van der Waals surface area contributed by atoms with Gasteiger partial charge in [-0.3, -0.25) is 4.79 Å². The first-order chi connectivity index (χ1) is 16.6. The van der Waals surface area contributed by atoms with Gasteiger partial charge in [0.05, 0.1) is 5.69 Å². The highest BCUT2D eigenvalue weighted by atomic mass is 32.2. The van der Waals surface area contributed by atoms with Gasteiger partial charge in [-0.25, -0.2) is 14.4 Å². The van der Waals surface area contributed by atoms with Crippen LogP contribution in [-0.4, -0.2) is 20.4 Å². The highest BCUT2D eigenvalue weighted by molar-refractivity contribution is 7.98. The lowest BCUT2D eigenvalue weighted by molar-refractivity contribution is 0.0950. The molecule has 5 rings (SSSR count). The third kappa shape index (κ3) is 4.58. The molecule has 0 saturated heterocycles. The van der Waals surface area contributed by atoms with Crippen LogP contribution in [0.5, 0.6) is 0 Å². The van der Waals surface area contributed by atoms with Crippen molar-refractivity contribution in [3.05, 3.63) is 107 Å². The number of hydrogen-bond donors (Lipinski definition) is 1. The molecule has 8 heteroatoms. The van der Waals surface area contributed by atoms with Gasteiger partial charge in [0.1, 0.15) is 17.2 Å². The molecule has 1 N–H and O–H groups in total. The summed E-state index contributed by atoms with van der Waals surface area (Å²) in [7, 11) is 0. The van der Waals surface area contributed by atoms with E-state index in [1.54, 1.807) is 35.2 Å². The van der Waals surface area contributed by atoms with E-state index in [-0.39, 0.29) is 18.3 Å². The van der Waals surface area contributed by atoms with Gasteiger partial charge in [-0.05, 0) is 48.4 Å². The number of rotatable bonds is 7. The SMILES string of the molecule is Cc1nccn1-c1ccc(CNC(=O)c2ccccc2CSc2nc3ccccc3o2)cc1F. The van der Waals surface area contributed by atoms with E-state index >= 15 is 0 Å². The summed E-state index contributed by atoms with van der Waals surface area (Å²) in [5.74, 6) is 0.642. The lowest BCUT2D eigenvalue weighted by atomic mass is 10.1. The molecule has 0 fully saturated rings. The number of thioether (sulfide) groups is 1. The maximum absolute atomic E-state index is 14.7. The predicted molar refractivity (Wildman–Crippen MR) is 129 cm³/mol. The minimum absolute atomic E-state index is 0.214. The zero-order valence-corrected chi connectivity index (χ0v) is 19.2. The number of nitrogens with zero attached hydrogens (tertiary/aromatic N) is 3. The molecule has 3 aromatic carbocycles. The fraction of sp³-hybridized carbons (Fsp3) is 0.115. The van der Waals surface area contributed by atoms with Crippen molar-refractivity contribution in [2.24, 2.45) is 0 Å². The van der Waals surface area contributed by atoms with E-state index in [4.69, 9.17) is 4.42 Å². The second-order valence-corrected chi connectivity index (χ2v) is 8.63. The van der Waals surface area contributed by atoms with Crippen LogP contribution in [0.15, 0.2) is 88.8 Å². The van der Waals surface area contributed by atoms with Crippen molar-refractivity contribution in [2.45, 2.75) is 24.4 Å². The lowest BCUT2D eigenvalue weighted by Crippen LogP contribution is -2.24. The van der Waals surface area contributed by atoms with Crippen LogP contribution in [-0.2, 0) is 12.3 Å². The van der Waals surface area contributed by atoms with Crippen molar-refractivity contribution in [3.8, 4) is 5.69 Å². The molecule has 6 nitrogen and oxygen atoms in total. The maximum atomic E-state index is 14.7. The van der Waals surface area contributed by atoms with Crippen molar-refractivity contribution in [1.82, 2.24) is 19.9 Å². The largest absolute Gasteiger partial charge is 0.431 e. The van der Waals surface area contributed by atoms with Crippen molar-refractivity contribution in [3.63, 3.8) is 0 Å². The molecule has 0 atom stereocenters. The summed E-state index contributed by atoms with van der Waals surface area (Å²) in [6, 6.07) is 19.9. The Balaban J connectivity index is 1.25. The number of hydrogen-bond acceptors (Lipinski definition) is 5. The lowest BCUT2D eigenvalue weighted by Gasteiger charge is -2.11. The smallest absolute Gasteiger partial charge is 0.257 e. The second-order valence-electron chi connectivity index (χ2n) is 7.71. The number of oxazole rings is 1. The molecule has 0 unspecified atom stereocenters. The number of carbonyl (C=O) groups is 1. The summed E-state index contributed by atoms with van der Waals surface area (Å²) in [5, 5.41) is 3.45. The Labute approximate surface area is 199 Å². The fourth-order valence-electron chi connectivity index (χ4n) is 3.69. The zero-order chi connectivity index (χ0) is 23.5. The van der Waals surface area contributed by atoms with E-state index in [0.717, 1.165) is 16.7 Å². The van der Waals surface area contributed by atoms with Gasteiger partial charge < -0.3 is 14.3 Å². The van der Waals surface area contributed by atoms with Gasteiger partial charge in [0.25, 0.3) is 11.1 Å². The van der Waals surface area contributed by atoms with Crippen LogP contribution in [0.1, 0.15) is 27.3 Å². The van der Waals surface area contributed by atoms with E-state index in [0.29, 0.717) is 33.6 Å². The number of imidazole rings is 1. The van der Waals surface area contributed by atoms with Crippen LogP contribution < -0.4 is 5.32 Å². The number of benzene rings is 3. The summed E-state index contributed by atoms with van der Waals surface area (Å²) >= 11 is 1.43. The molecule has 0 spiro atoms. The minimum Gasteiger partial charge on any atom is -0.431 e. The first-order valence-electron chi connectivity index (χ1n) is 10.7. The van der Waals surface area contributed by atoms with Gasteiger partial charge in [-0.15, -0.1) is 0 Å². The average Bonchev–Trinajstić information content (AvgIpc) is 3.47. The van der Waals surface area contributed by atoms with Crippen LogP contribution in [0.2, 0.25) is 0 Å². The van der Waals surface area contributed by atoms with Crippen LogP contribution in [0.4, 0.5) is 4.39 Å². The maximum Gasteiger partial charge on any atom is 0.257 e.